The smallest absolute Gasteiger partial charge is 0.281 e. The lowest BCUT2D eigenvalue weighted by Crippen LogP contribution is -2.37. The molecule has 1 aliphatic heterocycles. The van der Waals surface area contributed by atoms with Gasteiger partial charge >= 0.3 is 0 Å². The van der Waals surface area contributed by atoms with Gasteiger partial charge < -0.3 is 9.64 Å². The van der Waals surface area contributed by atoms with Gasteiger partial charge in [0.05, 0.1) is 17.9 Å². The third-order valence-corrected chi connectivity index (χ3v) is 7.55. The van der Waals surface area contributed by atoms with Crippen LogP contribution in [0.25, 0.3) is 11.3 Å². The number of hydrogen-bond acceptors (Lipinski definition) is 7. The summed E-state index contributed by atoms with van der Waals surface area (Å²) >= 11 is 0. The number of amides is 1. The molecule has 1 amide bonds. The van der Waals surface area contributed by atoms with E-state index in [0.717, 1.165) is 12.8 Å². The fraction of sp³-hybridized carbons (Fsp3) is 0.393. The zero-order valence-electron chi connectivity index (χ0n) is 22.1. The maximum Gasteiger partial charge on any atom is 0.281 e. The molecular weight excluding hydrogens is 507 g/mol. The molecule has 4 rings (SSSR count). The van der Waals surface area contributed by atoms with Gasteiger partial charge in [-0.05, 0) is 68.0 Å². The Morgan fingerprint density at radius 1 is 1.13 bits per heavy atom. The lowest BCUT2D eigenvalue weighted by Gasteiger charge is -2.32. The van der Waals surface area contributed by atoms with Crippen LogP contribution in [0.5, 0.6) is 5.75 Å². The molecule has 1 saturated heterocycles. The fourth-order valence-corrected chi connectivity index (χ4v) is 5.18. The van der Waals surface area contributed by atoms with Gasteiger partial charge in [-0.3, -0.25) is 4.79 Å². The summed E-state index contributed by atoms with van der Waals surface area (Å²) in [6, 6.07) is 12.1. The van der Waals surface area contributed by atoms with E-state index in [4.69, 9.17) is 9.72 Å². The van der Waals surface area contributed by atoms with E-state index >= 15 is 0 Å². The molecule has 0 spiro atoms. The number of nitrogens with one attached hydrogen (secondary N) is 1. The van der Waals surface area contributed by atoms with Crippen LogP contribution in [0.2, 0.25) is 0 Å². The molecule has 0 bridgehead atoms. The summed E-state index contributed by atoms with van der Waals surface area (Å²) in [5, 5.41) is -0.238. The Hall–Kier alpha value is -3.53. The maximum absolute atomic E-state index is 14.5. The molecule has 0 radical (unpaired) electrons. The highest BCUT2D eigenvalue weighted by molar-refractivity contribution is 7.90. The molecule has 1 aliphatic rings. The second-order valence-electron chi connectivity index (χ2n) is 10.2. The number of halogens is 1. The van der Waals surface area contributed by atoms with Gasteiger partial charge in [-0.15, -0.1) is 0 Å². The Bertz CT molecular complexity index is 1420. The normalized spacial score (nSPS) is 14.5. The number of pyridine rings is 2. The van der Waals surface area contributed by atoms with Crippen molar-refractivity contribution < 1.29 is 22.3 Å². The first-order chi connectivity index (χ1) is 18.0. The highest BCUT2D eigenvalue weighted by Gasteiger charge is 2.27. The zero-order valence-corrected chi connectivity index (χ0v) is 22.9. The number of aromatic nitrogens is 2. The number of carbonyl (C=O) groups is 1. The number of anilines is 1. The van der Waals surface area contributed by atoms with Gasteiger partial charge in [0.2, 0.25) is 0 Å². The summed E-state index contributed by atoms with van der Waals surface area (Å²) in [5.74, 6) is 0.284. The lowest BCUT2D eigenvalue weighted by molar-refractivity contribution is 0.0981. The Labute approximate surface area is 223 Å². The van der Waals surface area contributed by atoms with E-state index in [2.05, 4.69) is 16.6 Å². The molecule has 0 unspecified atom stereocenters. The molecule has 1 aromatic carbocycles. The van der Waals surface area contributed by atoms with E-state index in [-0.39, 0.29) is 16.5 Å². The van der Waals surface area contributed by atoms with Crippen LogP contribution in [0.15, 0.2) is 53.6 Å². The molecule has 0 saturated carbocycles. The number of hydrogen-bond donors (Lipinski definition) is 1. The lowest BCUT2D eigenvalue weighted by atomic mass is 9.98. The number of nitrogens with zero attached hydrogens (tertiary/aromatic N) is 3. The largest absolute Gasteiger partial charge is 0.493 e. The van der Waals surface area contributed by atoms with Crippen LogP contribution in [0.1, 0.15) is 49.7 Å². The molecular formula is C28H33FN4O4S. The highest BCUT2D eigenvalue weighted by atomic mass is 32.2. The molecule has 0 atom stereocenters. The monoisotopic (exact) mass is 540 g/mol. The van der Waals surface area contributed by atoms with Crippen LogP contribution in [0, 0.1) is 24.6 Å². The maximum atomic E-state index is 14.5. The van der Waals surface area contributed by atoms with Crippen LogP contribution in [0.3, 0.4) is 0 Å². The molecule has 1 N–H and O–H groups in total. The van der Waals surface area contributed by atoms with Crippen LogP contribution in [0.4, 0.5) is 10.2 Å². The first kappa shape index (κ1) is 27.5. The van der Waals surface area contributed by atoms with E-state index in [0.29, 0.717) is 54.1 Å². The average Bonchev–Trinajstić information content (AvgIpc) is 2.87. The highest BCUT2D eigenvalue weighted by Crippen LogP contribution is 2.30. The van der Waals surface area contributed by atoms with Gasteiger partial charge in [0.1, 0.15) is 17.4 Å². The number of carbonyl (C=O) groups excluding carboxylic acids is 1. The van der Waals surface area contributed by atoms with E-state index in [1.807, 2.05) is 18.7 Å². The summed E-state index contributed by atoms with van der Waals surface area (Å²) in [5.41, 5.74) is 1.58. The zero-order chi connectivity index (χ0) is 27.4. The Morgan fingerprint density at radius 3 is 2.55 bits per heavy atom. The summed E-state index contributed by atoms with van der Waals surface area (Å²) in [6.45, 7) is 9.62. The third-order valence-electron chi connectivity index (χ3n) is 6.32. The van der Waals surface area contributed by atoms with Gasteiger partial charge in [0, 0.05) is 30.4 Å². The topological polar surface area (TPSA) is 101 Å². The summed E-state index contributed by atoms with van der Waals surface area (Å²) in [6.07, 6.45) is 1.82. The summed E-state index contributed by atoms with van der Waals surface area (Å²) in [7, 11) is -4.20. The van der Waals surface area contributed by atoms with Crippen molar-refractivity contribution in [3.05, 3.63) is 65.6 Å². The Kier molecular flexibility index (Phi) is 8.30. The minimum absolute atomic E-state index is 0.118. The van der Waals surface area contributed by atoms with Gasteiger partial charge in [0.25, 0.3) is 15.9 Å². The number of sulfonamides is 1. The second kappa shape index (κ2) is 11.5. The van der Waals surface area contributed by atoms with Crippen LogP contribution >= 0.6 is 0 Å². The van der Waals surface area contributed by atoms with Gasteiger partial charge in [-0.1, -0.05) is 26.8 Å². The number of benzene rings is 1. The Morgan fingerprint density at radius 2 is 1.87 bits per heavy atom. The number of aryl methyl sites for hydroxylation is 1. The van der Waals surface area contributed by atoms with E-state index in [1.165, 1.54) is 24.3 Å². The van der Waals surface area contributed by atoms with Crippen molar-refractivity contribution >= 4 is 21.7 Å². The van der Waals surface area contributed by atoms with E-state index in [9.17, 15) is 17.6 Å². The summed E-state index contributed by atoms with van der Waals surface area (Å²) < 4.78 is 48.1. The van der Waals surface area contributed by atoms with Crippen LogP contribution in [-0.4, -0.2) is 44.0 Å². The molecule has 202 valence electrons. The number of ether oxygens (including phenoxy) is 1. The minimum Gasteiger partial charge on any atom is -0.493 e. The van der Waals surface area contributed by atoms with Gasteiger partial charge in [-0.25, -0.2) is 19.1 Å². The van der Waals surface area contributed by atoms with E-state index < -0.39 is 21.7 Å². The van der Waals surface area contributed by atoms with Crippen molar-refractivity contribution in [2.75, 3.05) is 24.6 Å². The Balaban J connectivity index is 1.70. The van der Waals surface area contributed by atoms with Crippen molar-refractivity contribution in [2.24, 2.45) is 11.8 Å². The van der Waals surface area contributed by atoms with E-state index in [1.54, 1.807) is 31.2 Å². The predicted molar refractivity (Wildman–Crippen MR) is 144 cm³/mol. The summed E-state index contributed by atoms with van der Waals surface area (Å²) in [4.78, 5) is 24.0. The molecule has 10 heteroatoms. The molecule has 3 heterocycles. The average molecular weight is 541 g/mol. The minimum atomic E-state index is -4.20. The molecule has 8 nitrogen and oxygen atoms in total. The molecule has 0 aliphatic carbocycles. The van der Waals surface area contributed by atoms with Crippen molar-refractivity contribution in [3.63, 3.8) is 0 Å². The first-order valence-corrected chi connectivity index (χ1v) is 14.2. The predicted octanol–water partition coefficient (Wildman–Crippen LogP) is 4.98. The molecule has 1 fully saturated rings. The molecule has 2 aromatic heterocycles. The van der Waals surface area contributed by atoms with Crippen LogP contribution in [-0.2, 0) is 10.0 Å². The standard InChI is InChI=1S/C28H33FN4O4S/c1-18(2)17-37-23-15-21(14-22(29)16-23)25-9-8-24(27(31-25)33-12-10-19(3)11-13-33)28(34)32-38(35,36)26-7-5-6-20(4)30-26/h5-9,14-16,18-19H,10-13,17H2,1-4H3,(H,32,34). The molecule has 38 heavy (non-hydrogen) atoms. The van der Waals surface area contributed by atoms with Crippen molar-refractivity contribution in [1.29, 1.82) is 0 Å². The van der Waals surface area contributed by atoms with Crippen LogP contribution < -0.4 is 14.4 Å². The third kappa shape index (κ3) is 6.66. The quantitative estimate of drug-likeness (QED) is 0.430. The first-order valence-electron chi connectivity index (χ1n) is 12.7. The van der Waals surface area contributed by atoms with Crippen molar-refractivity contribution in [1.82, 2.24) is 14.7 Å². The second-order valence-corrected chi connectivity index (χ2v) is 11.8. The van der Waals surface area contributed by atoms with Gasteiger partial charge in [-0.2, -0.15) is 8.42 Å². The van der Waals surface area contributed by atoms with Gasteiger partial charge in [0.15, 0.2) is 5.03 Å². The fourth-order valence-electron chi connectivity index (χ4n) is 4.20. The van der Waals surface area contributed by atoms with Crippen molar-refractivity contribution in [2.45, 2.75) is 45.6 Å². The number of rotatable bonds is 8. The SMILES string of the molecule is Cc1cccc(S(=O)(=O)NC(=O)c2ccc(-c3cc(F)cc(OCC(C)C)c3)nc2N2CCC(C)CC2)n1. The van der Waals surface area contributed by atoms with Crippen molar-refractivity contribution in [3.8, 4) is 17.0 Å². The number of piperidine rings is 1. The molecule has 3 aromatic rings.